The van der Waals surface area contributed by atoms with E-state index in [2.05, 4.69) is 20.9 Å². The molecule has 6 rings (SSSR count). The second-order valence-electron chi connectivity index (χ2n) is 11.7. The Morgan fingerprint density at radius 3 is 2.59 bits per heavy atom. The molecule has 1 spiro atoms. The first kappa shape index (κ1) is 27.7. The number of carbonyl (C=O) groups is 3. The molecule has 0 saturated carbocycles. The van der Waals surface area contributed by atoms with Crippen molar-refractivity contribution in [1.82, 2.24) is 25.2 Å². The summed E-state index contributed by atoms with van der Waals surface area (Å²) in [4.78, 5) is 44.1. The zero-order valence-corrected chi connectivity index (χ0v) is 24.3. The molecule has 216 valence electrons. The molecule has 3 aromatic rings. The number of rotatable bonds is 9. The van der Waals surface area contributed by atoms with Crippen molar-refractivity contribution in [3.05, 3.63) is 54.6 Å². The van der Waals surface area contributed by atoms with Gasteiger partial charge >= 0.3 is 0 Å². The number of aromatic nitrogens is 3. The minimum atomic E-state index is -0.831. The number of fused-ring (bicyclic) bond motifs is 2. The standard InChI is InChI=1S/C30H36N6O4S/c1-4-18(2)22(16-37)36-25(27(39)31-17-35-21-13-9-8-12-20(21)33-34-35)30-15-14-29(3,41-30)23(24(30)28(36)40)26(38)32-19-10-6-5-7-11-19/h5-13,18,22-25,37H,4,14-17H2,1-3H3,(H,31,39)(H,32,38)/t18-,22-,23+,24-,25?,29-,30?/m0/s1. The lowest BCUT2D eigenvalue weighted by Crippen LogP contribution is -2.58. The van der Waals surface area contributed by atoms with Crippen molar-refractivity contribution in [1.29, 1.82) is 0 Å². The Morgan fingerprint density at radius 2 is 1.85 bits per heavy atom. The van der Waals surface area contributed by atoms with Crippen LogP contribution < -0.4 is 10.6 Å². The number of para-hydroxylation sites is 2. The van der Waals surface area contributed by atoms with Gasteiger partial charge < -0.3 is 20.6 Å². The molecule has 3 amide bonds. The summed E-state index contributed by atoms with van der Waals surface area (Å²) in [6.45, 7) is 5.87. The molecule has 0 aliphatic carbocycles. The van der Waals surface area contributed by atoms with E-state index < -0.39 is 33.4 Å². The summed E-state index contributed by atoms with van der Waals surface area (Å²) in [6.07, 6.45) is 2.08. The molecule has 2 aromatic carbocycles. The van der Waals surface area contributed by atoms with Gasteiger partial charge in [0.2, 0.25) is 17.7 Å². The summed E-state index contributed by atoms with van der Waals surface area (Å²) < 4.78 is 0.356. The Morgan fingerprint density at radius 1 is 1.12 bits per heavy atom. The number of thioether (sulfide) groups is 1. The second kappa shape index (κ2) is 10.4. The molecule has 0 radical (unpaired) electrons. The highest BCUT2D eigenvalue weighted by atomic mass is 32.2. The number of carbonyl (C=O) groups excluding carboxylic acids is 3. The molecule has 10 nitrogen and oxygen atoms in total. The number of anilines is 1. The van der Waals surface area contributed by atoms with Crippen molar-refractivity contribution in [2.45, 2.75) is 68.3 Å². The zero-order valence-electron chi connectivity index (χ0n) is 23.5. The monoisotopic (exact) mass is 576 g/mol. The summed E-state index contributed by atoms with van der Waals surface area (Å²) in [6, 6.07) is 15.4. The van der Waals surface area contributed by atoms with Crippen LogP contribution in [0.4, 0.5) is 5.69 Å². The lowest BCUT2D eigenvalue weighted by atomic mass is 9.66. The van der Waals surface area contributed by atoms with Gasteiger partial charge in [0.1, 0.15) is 18.2 Å². The lowest BCUT2D eigenvalue weighted by Gasteiger charge is -2.39. The van der Waals surface area contributed by atoms with Crippen LogP contribution in [0.3, 0.4) is 0 Å². The zero-order chi connectivity index (χ0) is 28.9. The van der Waals surface area contributed by atoms with Crippen LogP contribution in [0, 0.1) is 17.8 Å². The van der Waals surface area contributed by atoms with Crippen molar-refractivity contribution in [3.63, 3.8) is 0 Å². The number of hydrogen-bond acceptors (Lipinski definition) is 7. The lowest BCUT2D eigenvalue weighted by molar-refractivity contribution is -0.143. The first-order valence-electron chi connectivity index (χ1n) is 14.3. The van der Waals surface area contributed by atoms with Crippen LogP contribution in [0.5, 0.6) is 0 Å². The molecule has 41 heavy (non-hydrogen) atoms. The largest absolute Gasteiger partial charge is 0.394 e. The first-order chi connectivity index (χ1) is 19.7. The third kappa shape index (κ3) is 4.32. The van der Waals surface area contributed by atoms with Gasteiger partial charge in [-0.25, -0.2) is 4.68 Å². The Hall–Kier alpha value is -3.44. The van der Waals surface area contributed by atoms with Gasteiger partial charge in [-0.1, -0.05) is 55.8 Å². The number of likely N-dealkylation sites (tertiary alicyclic amines) is 1. The summed E-state index contributed by atoms with van der Waals surface area (Å²) in [7, 11) is 0. The molecule has 4 heterocycles. The highest BCUT2D eigenvalue weighted by molar-refractivity contribution is 8.02. The smallest absolute Gasteiger partial charge is 0.245 e. The van der Waals surface area contributed by atoms with E-state index >= 15 is 0 Å². The van der Waals surface area contributed by atoms with Gasteiger partial charge in [-0.15, -0.1) is 16.9 Å². The van der Waals surface area contributed by atoms with E-state index in [0.717, 1.165) is 17.5 Å². The first-order valence-corrected chi connectivity index (χ1v) is 15.1. The fourth-order valence-electron chi connectivity index (χ4n) is 7.26. The summed E-state index contributed by atoms with van der Waals surface area (Å²) in [5.74, 6) is -2.04. The fraction of sp³-hybridized carbons (Fsp3) is 0.500. The number of hydrogen-bond donors (Lipinski definition) is 3. The highest BCUT2D eigenvalue weighted by Crippen LogP contribution is 2.71. The molecule has 2 bridgehead atoms. The summed E-state index contributed by atoms with van der Waals surface area (Å²) in [5.41, 5.74) is 2.19. The fourth-order valence-corrected chi connectivity index (χ4v) is 9.60. The quantitative estimate of drug-likeness (QED) is 0.357. The number of aliphatic hydroxyl groups is 1. The number of nitrogens with zero attached hydrogens (tertiary/aromatic N) is 4. The van der Waals surface area contributed by atoms with Crippen LogP contribution >= 0.6 is 11.8 Å². The number of amides is 3. The molecular weight excluding hydrogens is 540 g/mol. The van der Waals surface area contributed by atoms with Crippen LogP contribution in [0.25, 0.3) is 11.0 Å². The maximum Gasteiger partial charge on any atom is 0.245 e. The molecule has 3 saturated heterocycles. The van der Waals surface area contributed by atoms with Gasteiger partial charge in [-0.05, 0) is 49.9 Å². The topological polar surface area (TPSA) is 129 Å². The maximum atomic E-state index is 14.4. The normalized spacial score (nSPS) is 29.9. The summed E-state index contributed by atoms with van der Waals surface area (Å²) >= 11 is 1.62. The van der Waals surface area contributed by atoms with E-state index in [0.29, 0.717) is 18.5 Å². The maximum absolute atomic E-state index is 14.4. The van der Waals surface area contributed by atoms with Crippen LogP contribution in [0.15, 0.2) is 54.6 Å². The van der Waals surface area contributed by atoms with Crippen molar-refractivity contribution >= 4 is 46.2 Å². The van der Waals surface area contributed by atoms with E-state index in [9.17, 15) is 19.5 Å². The highest BCUT2D eigenvalue weighted by Gasteiger charge is 2.77. The Bertz CT molecular complexity index is 1480. The van der Waals surface area contributed by atoms with Crippen LogP contribution in [-0.4, -0.2) is 70.9 Å². The minimum Gasteiger partial charge on any atom is -0.394 e. The average molecular weight is 577 g/mol. The molecule has 11 heteroatoms. The Balaban J connectivity index is 1.35. The predicted molar refractivity (Wildman–Crippen MR) is 157 cm³/mol. The number of benzene rings is 2. The van der Waals surface area contributed by atoms with Crippen molar-refractivity contribution in [3.8, 4) is 0 Å². The van der Waals surface area contributed by atoms with Crippen molar-refractivity contribution in [2.75, 3.05) is 11.9 Å². The average Bonchev–Trinajstić information content (AvgIpc) is 3.68. The third-order valence-corrected chi connectivity index (χ3v) is 11.4. The van der Waals surface area contributed by atoms with Gasteiger partial charge in [0.25, 0.3) is 0 Å². The van der Waals surface area contributed by atoms with E-state index in [1.54, 1.807) is 21.3 Å². The van der Waals surface area contributed by atoms with Gasteiger partial charge in [-0.3, -0.25) is 14.4 Å². The number of aliphatic hydroxyl groups excluding tert-OH is 1. The number of nitrogens with one attached hydrogen (secondary N) is 2. The molecule has 3 aliphatic heterocycles. The second-order valence-corrected chi connectivity index (χ2v) is 13.6. The van der Waals surface area contributed by atoms with E-state index in [1.807, 2.05) is 75.4 Å². The molecule has 7 atom stereocenters. The van der Waals surface area contributed by atoms with Gasteiger partial charge in [0.15, 0.2) is 0 Å². The molecule has 3 N–H and O–H groups in total. The summed E-state index contributed by atoms with van der Waals surface area (Å²) in [5, 5.41) is 24.9. The van der Waals surface area contributed by atoms with Crippen molar-refractivity contribution < 1.29 is 19.5 Å². The van der Waals surface area contributed by atoms with E-state index in [1.165, 1.54) is 0 Å². The van der Waals surface area contributed by atoms with E-state index in [4.69, 9.17) is 0 Å². The molecular formula is C30H36N6O4S. The third-order valence-electron chi connectivity index (χ3n) is 9.46. The molecule has 1 aromatic heterocycles. The molecule has 3 aliphatic rings. The van der Waals surface area contributed by atoms with Gasteiger partial charge in [0.05, 0.1) is 34.7 Å². The van der Waals surface area contributed by atoms with Crippen molar-refractivity contribution in [2.24, 2.45) is 17.8 Å². The van der Waals surface area contributed by atoms with Crippen LogP contribution in [0.2, 0.25) is 0 Å². The SMILES string of the molecule is CC[C@H](C)[C@H](CO)N1C(=O)[C@@H]2[C@H](C(=O)Nc3ccccc3)[C@]3(C)CCC2(S3)C1C(=O)NCn1nnc2ccccc21. The molecule has 3 fully saturated rings. The van der Waals surface area contributed by atoms with Gasteiger partial charge in [-0.2, -0.15) is 0 Å². The Kier molecular flexibility index (Phi) is 7.05. The Labute approximate surface area is 243 Å². The van der Waals surface area contributed by atoms with Gasteiger partial charge in [0, 0.05) is 10.4 Å². The van der Waals surface area contributed by atoms with Crippen LogP contribution in [0.1, 0.15) is 40.0 Å². The van der Waals surface area contributed by atoms with E-state index in [-0.39, 0.29) is 36.9 Å². The minimum absolute atomic E-state index is 0.0388. The molecule has 2 unspecified atom stereocenters. The van der Waals surface area contributed by atoms with Crippen LogP contribution in [-0.2, 0) is 21.1 Å². The predicted octanol–water partition coefficient (Wildman–Crippen LogP) is 3.03.